The van der Waals surface area contributed by atoms with E-state index in [1.54, 1.807) is 0 Å². The van der Waals surface area contributed by atoms with Crippen LogP contribution >= 0.6 is 12.2 Å². The molecule has 1 aliphatic heterocycles. The van der Waals surface area contributed by atoms with Gasteiger partial charge in [0.05, 0.1) is 23.8 Å². The SMILES string of the molecule is CN1C(=S)[C@@H](CCCC(=O)/C(N)=N/N(N)Cc2ccccc2)COc2ccccc21. The van der Waals surface area contributed by atoms with Crippen molar-refractivity contribution in [2.24, 2.45) is 22.6 Å². The molecule has 3 rings (SSSR count). The topological polar surface area (TPSA) is 97.2 Å². The predicted octanol–water partition coefficient (Wildman–Crippen LogP) is 2.85. The number of hydrazine groups is 1. The number of Topliss-reactive ketones (excluding diaryl/α,β-unsaturated/α-hetero) is 1. The molecule has 0 saturated carbocycles. The predicted molar refractivity (Wildman–Crippen MR) is 123 cm³/mol. The summed E-state index contributed by atoms with van der Waals surface area (Å²) in [7, 11) is 1.95. The van der Waals surface area contributed by atoms with E-state index in [0.717, 1.165) is 28.4 Å². The quantitative estimate of drug-likeness (QED) is 0.221. The fourth-order valence-electron chi connectivity index (χ4n) is 3.35. The Morgan fingerprint density at radius 3 is 2.70 bits per heavy atom. The van der Waals surface area contributed by atoms with Crippen molar-refractivity contribution < 1.29 is 9.53 Å². The lowest BCUT2D eigenvalue weighted by Crippen LogP contribution is -2.33. The summed E-state index contributed by atoms with van der Waals surface area (Å²) < 4.78 is 5.93. The largest absolute Gasteiger partial charge is 0.491 e. The molecule has 0 unspecified atom stereocenters. The Balaban J connectivity index is 1.49. The number of carbonyl (C=O) groups is 1. The minimum Gasteiger partial charge on any atom is -0.491 e. The number of benzene rings is 2. The molecule has 0 radical (unpaired) electrons. The molecular formula is C22H27N5O2S. The zero-order valence-electron chi connectivity index (χ0n) is 17.0. The van der Waals surface area contributed by atoms with Crippen molar-refractivity contribution in [1.82, 2.24) is 5.12 Å². The Hall–Kier alpha value is -2.97. The molecular weight excluding hydrogens is 398 g/mol. The maximum atomic E-state index is 12.4. The van der Waals surface area contributed by atoms with E-state index < -0.39 is 0 Å². The molecule has 2 aromatic rings. The summed E-state index contributed by atoms with van der Waals surface area (Å²) in [5, 5.41) is 5.19. The van der Waals surface area contributed by atoms with Crippen LogP contribution in [0.15, 0.2) is 59.7 Å². The monoisotopic (exact) mass is 425 g/mol. The van der Waals surface area contributed by atoms with Gasteiger partial charge in [0, 0.05) is 19.4 Å². The van der Waals surface area contributed by atoms with Crippen LogP contribution in [0.25, 0.3) is 0 Å². The number of ketones is 1. The first-order valence-corrected chi connectivity index (χ1v) is 10.3. The van der Waals surface area contributed by atoms with Crippen molar-refractivity contribution in [3.8, 4) is 5.75 Å². The van der Waals surface area contributed by atoms with Gasteiger partial charge in [0.2, 0.25) is 0 Å². The van der Waals surface area contributed by atoms with Gasteiger partial charge in [-0.1, -0.05) is 54.7 Å². The molecule has 30 heavy (non-hydrogen) atoms. The third-order valence-electron chi connectivity index (χ3n) is 5.01. The van der Waals surface area contributed by atoms with Crippen LogP contribution in [0.5, 0.6) is 5.75 Å². The Bertz CT molecular complexity index is 919. The highest BCUT2D eigenvalue weighted by molar-refractivity contribution is 7.80. The van der Waals surface area contributed by atoms with Crippen LogP contribution in [-0.2, 0) is 11.3 Å². The zero-order chi connectivity index (χ0) is 21.5. The van der Waals surface area contributed by atoms with Gasteiger partial charge in [0.15, 0.2) is 11.6 Å². The van der Waals surface area contributed by atoms with Gasteiger partial charge in [-0.05, 0) is 30.5 Å². The number of thiocarbonyl (C=S) groups is 1. The molecule has 7 nitrogen and oxygen atoms in total. The van der Waals surface area contributed by atoms with E-state index in [0.29, 0.717) is 19.6 Å². The third kappa shape index (κ3) is 5.55. The number of amidine groups is 1. The number of hydrogen-bond donors (Lipinski definition) is 2. The molecule has 158 valence electrons. The average Bonchev–Trinajstić information content (AvgIpc) is 2.86. The maximum absolute atomic E-state index is 12.4. The second-order valence-electron chi connectivity index (χ2n) is 7.26. The smallest absolute Gasteiger partial charge is 0.199 e. The molecule has 1 aliphatic rings. The first-order chi connectivity index (χ1) is 14.5. The second kappa shape index (κ2) is 10.2. The molecule has 1 heterocycles. The van der Waals surface area contributed by atoms with Crippen molar-refractivity contribution in [3.63, 3.8) is 0 Å². The minimum atomic E-state index is -0.226. The van der Waals surface area contributed by atoms with Gasteiger partial charge in [-0.2, -0.15) is 0 Å². The summed E-state index contributed by atoms with van der Waals surface area (Å²) in [6.07, 6.45) is 1.65. The van der Waals surface area contributed by atoms with Crippen molar-refractivity contribution >= 4 is 34.5 Å². The molecule has 0 aromatic heterocycles. The molecule has 1 atom stereocenters. The van der Waals surface area contributed by atoms with Gasteiger partial charge >= 0.3 is 0 Å². The molecule has 0 amide bonds. The zero-order valence-corrected chi connectivity index (χ0v) is 17.8. The number of fused-ring (bicyclic) bond motifs is 1. The number of hydrazone groups is 1. The third-order valence-corrected chi connectivity index (χ3v) is 5.62. The number of hydrogen-bond acceptors (Lipinski definition) is 6. The van der Waals surface area contributed by atoms with Crippen molar-refractivity contribution in [2.45, 2.75) is 25.8 Å². The van der Waals surface area contributed by atoms with Crippen LogP contribution < -0.4 is 21.2 Å². The summed E-state index contributed by atoms with van der Waals surface area (Å²) in [5.41, 5.74) is 7.78. The number of rotatable bonds is 8. The molecule has 0 saturated heterocycles. The number of nitrogens with zero attached hydrogens (tertiary/aromatic N) is 3. The Labute approximate surface area is 182 Å². The highest BCUT2D eigenvalue weighted by atomic mass is 32.1. The Kier molecular flexibility index (Phi) is 7.37. The molecule has 4 N–H and O–H groups in total. The van der Waals surface area contributed by atoms with E-state index in [1.165, 1.54) is 5.12 Å². The van der Waals surface area contributed by atoms with Crippen LogP contribution in [0, 0.1) is 5.92 Å². The van der Waals surface area contributed by atoms with E-state index >= 15 is 0 Å². The van der Waals surface area contributed by atoms with Crippen LogP contribution in [0.3, 0.4) is 0 Å². The highest BCUT2D eigenvalue weighted by Gasteiger charge is 2.25. The van der Waals surface area contributed by atoms with E-state index in [4.69, 9.17) is 28.5 Å². The summed E-state index contributed by atoms with van der Waals surface area (Å²) in [4.78, 5) is 15.1. The lowest BCUT2D eigenvalue weighted by molar-refractivity contribution is -0.113. The Morgan fingerprint density at radius 1 is 1.23 bits per heavy atom. The standard InChI is InChI=1S/C22H27N5O2S/c1-26-18-11-5-6-13-20(18)29-15-17(22(26)30)10-7-12-19(28)21(23)25-27(24)14-16-8-3-2-4-9-16/h2-6,8-9,11,13,17H,7,10,12,14-15,24H2,1H3,(H2,23,25)/t17-/m0/s1. The van der Waals surface area contributed by atoms with Gasteiger partial charge < -0.3 is 15.4 Å². The second-order valence-corrected chi connectivity index (χ2v) is 7.68. The van der Waals surface area contributed by atoms with Gasteiger partial charge in [-0.3, -0.25) is 4.79 Å². The molecule has 2 aromatic carbocycles. The lowest BCUT2D eigenvalue weighted by Gasteiger charge is -2.22. The number of para-hydroxylation sites is 2. The average molecular weight is 426 g/mol. The van der Waals surface area contributed by atoms with E-state index in [-0.39, 0.29) is 24.0 Å². The van der Waals surface area contributed by atoms with E-state index in [1.807, 2.05) is 66.5 Å². The maximum Gasteiger partial charge on any atom is 0.199 e. The fourth-order valence-corrected chi connectivity index (χ4v) is 3.64. The van der Waals surface area contributed by atoms with E-state index in [2.05, 4.69) is 5.10 Å². The normalized spacial score (nSPS) is 16.5. The van der Waals surface area contributed by atoms with Crippen LogP contribution in [0.2, 0.25) is 0 Å². The van der Waals surface area contributed by atoms with Crippen molar-refractivity contribution in [3.05, 3.63) is 60.2 Å². The summed E-state index contributed by atoms with van der Waals surface area (Å²) in [5.74, 6) is 6.41. The number of nitrogens with two attached hydrogens (primary N) is 2. The number of carbonyl (C=O) groups excluding carboxylic acids is 1. The molecule has 0 aliphatic carbocycles. The highest BCUT2D eigenvalue weighted by Crippen LogP contribution is 2.32. The fraction of sp³-hybridized carbons (Fsp3) is 0.318. The van der Waals surface area contributed by atoms with Crippen LogP contribution in [-0.4, -0.2) is 35.4 Å². The minimum absolute atomic E-state index is 0.0486. The lowest BCUT2D eigenvalue weighted by atomic mass is 10.0. The Morgan fingerprint density at radius 2 is 1.93 bits per heavy atom. The van der Waals surface area contributed by atoms with Gasteiger partial charge in [0.1, 0.15) is 5.75 Å². The first kappa shape index (κ1) is 21.7. The molecule has 0 spiro atoms. The summed E-state index contributed by atoms with van der Waals surface area (Å²) in [6.45, 7) is 0.862. The van der Waals surface area contributed by atoms with E-state index in [9.17, 15) is 4.79 Å². The summed E-state index contributed by atoms with van der Waals surface area (Å²) >= 11 is 5.65. The van der Waals surface area contributed by atoms with Crippen molar-refractivity contribution in [2.75, 3.05) is 18.6 Å². The molecule has 8 heteroatoms. The van der Waals surface area contributed by atoms with Crippen molar-refractivity contribution in [1.29, 1.82) is 0 Å². The van der Waals surface area contributed by atoms with Gasteiger partial charge in [-0.25, -0.2) is 11.0 Å². The first-order valence-electron chi connectivity index (χ1n) is 9.88. The number of ether oxygens (including phenoxy) is 1. The van der Waals surface area contributed by atoms with Crippen LogP contribution in [0.1, 0.15) is 24.8 Å². The van der Waals surface area contributed by atoms with Crippen LogP contribution in [0.4, 0.5) is 5.69 Å². The van der Waals surface area contributed by atoms with Gasteiger partial charge in [0.25, 0.3) is 0 Å². The molecule has 0 fully saturated rings. The van der Waals surface area contributed by atoms with Gasteiger partial charge in [-0.15, -0.1) is 5.10 Å². The summed E-state index contributed by atoms with van der Waals surface area (Å²) in [6, 6.07) is 17.4. The molecule has 0 bridgehead atoms. The number of anilines is 1.